The highest BCUT2D eigenvalue weighted by Gasteiger charge is 2.34. The van der Waals surface area contributed by atoms with Gasteiger partial charge in [0.15, 0.2) is 0 Å². The topological polar surface area (TPSA) is 55.0 Å². The molecule has 0 amide bonds. The summed E-state index contributed by atoms with van der Waals surface area (Å²) in [7, 11) is 4.24. The Balaban J connectivity index is 0.00000225. The molecule has 28 heavy (non-hydrogen) atoms. The van der Waals surface area contributed by atoms with Crippen LogP contribution in [0.2, 0.25) is 0 Å². The van der Waals surface area contributed by atoms with Crippen LogP contribution >= 0.6 is 24.0 Å². The Labute approximate surface area is 185 Å². The van der Waals surface area contributed by atoms with Crippen molar-refractivity contribution in [3.8, 4) is 0 Å². The predicted molar refractivity (Wildman–Crippen MR) is 121 cm³/mol. The number of aromatic nitrogens is 5. The maximum Gasteiger partial charge on any atom is 0.147 e. The van der Waals surface area contributed by atoms with Crippen LogP contribution in [0, 0.1) is 12.8 Å². The molecule has 3 heterocycles. The van der Waals surface area contributed by atoms with E-state index in [1.54, 1.807) is 0 Å². The zero-order chi connectivity index (χ0) is 19.0. The lowest BCUT2D eigenvalue weighted by Crippen LogP contribution is -2.42. The Hall–Kier alpha value is -1.00. The third-order valence-corrected chi connectivity index (χ3v) is 6.14. The smallest absolute Gasteiger partial charge is 0.147 e. The van der Waals surface area contributed by atoms with Gasteiger partial charge in [-0.25, -0.2) is 0 Å². The standard InChI is InChI=1S/C20H33N7.HI/c1-5-26-10-6-7-16(20(26)17-11-21-25(4)13-17)12-24(3)14-19-23-22-15(2)27(19)18-8-9-18;/h11,13,16,18,20H,5-10,12,14H2,1-4H3;1H/t16-,20+;/m0./s1. The number of aryl methyl sites for hydroxylation is 2. The van der Waals surface area contributed by atoms with Gasteiger partial charge in [0, 0.05) is 37.4 Å². The van der Waals surface area contributed by atoms with Crippen molar-refractivity contribution >= 4 is 24.0 Å². The Bertz CT molecular complexity index is 766. The monoisotopic (exact) mass is 499 g/mol. The van der Waals surface area contributed by atoms with Gasteiger partial charge in [-0.3, -0.25) is 14.5 Å². The molecule has 7 nitrogen and oxygen atoms in total. The van der Waals surface area contributed by atoms with Crippen molar-refractivity contribution in [1.82, 2.24) is 34.3 Å². The van der Waals surface area contributed by atoms with Gasteiger partial charge in [0.1, 0.15) is 11.6 Å². The van der Waals surface area contributed by atoms with Crippen molar-refractivity contribution < 1.29 is 0 Å². The first-order valence-corrected chi connectivity index (χ1v) is 10.4. The Morgan fingerprint density at radius 2 is 2.00 bits per heavy atom. The van der Waals surface area contributed by atoms with Gasteiger partial charge in [-0.2, -0.15) is 5.10 Å². The molecule has 1 aliphatic heterocycles. The second kappa shape index (κ2) is 9.21. The molecule has 0 N–H and O–H groups in total. The van der Waals surface area contributed by atoms with E-state index in [9.17, 15) is 0 Å². The van der Waals surface area contributed by atoms with Gasteiger partial charge in [0.05, 0.1) is 12.7 Å². The van der Waals surface area contributed by atoms with Crippen LogP contribution in [-0.2, 0) is 13.6 Å². The molecule has 2 aromatic rings. The predicted octanol–water partition coefficient (Wildman–Crippen LogP) is 3.18. The lowest BCUT2D eigenvalue weighted by Gasteiger charge is -2.42. The summed E-state index contributed by atoms with van der Waals surface area (Å²) in [5.74, 6) is 2.80. The first kappa shape index (κ1) is 21.7. The maximum absolute atomic E-state index is 4.47. The van der Waals surface area contributed by atoms with Crippen LogP contribution in [0.25, 0.3) is 0 Å². The molecule has 0 aromatic carbocycles. The Kier molecular flexibility index (Phi) is 7.14. The van der Waals surface area contributed by atoms with E-state index in [1.165, 1.54) is 37.8 Å². The van der Waals surface area contributed by atoms with Crippen LogP contribution in [0.3, 0.4) is 0 Å². The van der Waals surface area contributed by atoms with E-state index < -0.39 is 0 Å². The second-order valence-corrected chi connectivity index (χ2v) is 8.38. The summed E-state index contributed by atoms with van der Waals surface area (Å²) in [5, 5.41) is 13.2. The molecule has 1 saturated heterocycles. The van der Waals surface area contributed by atoms with E-state index in [1.807, 2.05) is 11.7 Å². The van der Waals surface area contributed by atoms with Gasteiger partial charge in [0.25, 0.3) is 0 Å². The van der Waals surface area contributed by atoms with Crippen LogP contribution in [0.4, 0.5) is 0 Å². The third-order valence-electron chi connectivity index (χ3n) is 6.14. The second-order valence-electron chi connectivity index (χ2n) is 8.38. The van der Waals surface area contributed by atoms with Crippen molar-refractivity contribution in [2.75, 3.05) is 26.7 Å². The van der Waals surface area contributed by atoms with Crippen molar-refractivity contribution in [1.29, 1.82) is 0 Å². The SMILES string of the molecule is CCN1CCC[C@@H](CN(C)Cc2nnc(C)n2C2CC2)[C@@H]1c1cnn(C)c1.I. The van der Waals surface area contributed by atoms with Crippen molar-refractivity contribution in [3.63, 3.8) is 0 Å². The number of hydrogen-bond acceptors (Lipinski definition) is 5. The van der Waals surface area contributed by atoms with E-state index in [0.717, 1.165) is 31.3 Å². The largest absolute Gasteiger partial charge is 0.311 e. The van der Waals surface area contributed by atoms with Crippen LogP contribution in [0.1, 0.15) is 61.9 Å². The number of rotatable bonds is 7. The minimum absolute atomic E-state index is 0. The molecule has 156 valence electrons. The Morgan fingerprint density at radius 3 is 2.64 bits per heavy atom. The molecule has 2 aliphatic rings. The average molecular weight is 499 g/mol. The van der Waals surface area contributed by atoms with Crippen molar-refractivity contribution in [2.45, 2.75) is 58.2 Å². The highest BCUT2D eigenvalue weighted by atomic mass is 127. The van der Waals surface area contributed by atoms with E-state index in [0.29, 0.717) is 18.0 Å². The van der Waals surface area contributed by atoms with Gasteiger partial charge >= 0.3 is 0 Å². The minimum Gasteiger partial charge on any atom is -0.311 e. The molecular weight excluding hydrogens is 465 g/mol. The van der Waals surface area contributed by atoms with E-state index in [4.69, 9.17) is 0 Å². The number of hydrogen-bond donors (Lipinski definition) is 0. The number of likely N-dealkylation sites (tertiary alicyclic amines) is 1. The van der Waals surface area contributed by atoms with Crippen molar-refractivity contribution in [3.05, 3.63) is 29.6 Å². The number of nitrogens with zero attached hydrogens (tertiary/aromatic N) is 7. The summed E-state index contributed by atoms with van der Waals surface area (Å²) in [6.45, 7) is 8.58. The quantitative estimate of drug-likeness (QED) is 0.548. The van der Waals surface area contributed by atoms with Gasteiger partial charge in [-0.15, -0.1) is 34.2 Å². The molecule has 2 aromatic heterocycles. The molecule has 2 fully saturated rings. The first-order chi connectivity index (χ1) is 13.1. The molecule has 0 unspecified atom stereocenters. The van der Waals surface area contributed by atoms with Gasteiger partial charge < -0.3 is 4.57 Å². The van der Waals surface area contributed by atoms with Gasteiger partial charge in [-0.05, 0) is 58.7 Å². The third kappa shape index (κ3) is 4.59. The Morgan fingerprint density at radius 1 is 1.21 bits per heavy atom. The van der Waals surface area contributed by atoms with Crippen LogP contribution in [0.15, 0.2) is 12.4 Å². The highest BCUT2D eigenvalue weighted by Crippen LogP contribution is 2.38. The van der Waals surface area contributed by atoms with Crippen LogP contribution < -0.4 is 0 Å². The van der Waals surface area contributed by atoms with Crippen LogP contribution in [-0.4, -0.2) is 61.0 Å². The average Bonchev–Trinajstić information content (AvgIpc) is 3.29. The fourth-order valence-electron chi connectivity index (χ4n) is 4.81. The van der Waals surface area contributed by atoms with Crippen LogP contribution in [0.5, 0.6) is 0 Å². The molecular formula is C20H34IN7. The lowest BCUT2D eigenvalue weighted by atomic mass is 9.85. The number of halogens is 1. The molecule has 0 radical (unpaired) electrons. The molecule has 1 aliphatic carbocycles. The van der Waals surface area contributed by atoms with Crippen molar-refractivity contribution in [2.24, 2.45) is 13.0 Å². The zero-order valence-electron chi connectivity index (χ0n) is 17.6. The summed E-state index contributed by atoms with van der Waals surface area (Å²) in [5.41, 5.74) is 1.36. The molecule has 0 bridgehead atoms. The first-order valence-electron chi connectivity index (χ1n) is 10.4. The number of piperidine rings is 1. The molecule has 1 saturated carbocycles. The zero-order valence-corrected chi connectivity index (χ0v) is 19.9. The summed E-state index contributed by atoms with van der Waals surface area (Å²) in [6.07, 6.45) is 9.34. The minimum atomic E-state index is 0. The lowest BCUT2D eigenvalue weighted by molar-refractivity contribution is 0.0741. The van der Waals surface area contributed by atoms with E-state index in [-0.39, 0.29) is 24.0 Å². The van der Waals surface area contributed by atoms with Gasteiger partial charge in [-0.1, -0.05) is 6.92 Å². The summed E-state index contributed by atoms with van der Waals surface area (Å²) < 4.78 is 4.29. The molecule has 2 atom stereocenters. The van der Waals surface area contributed by atoms with E-state index in [2.05, 4.69) is 63.0 Å². The molecule has 8 heteroatoms. The van der Waals surface area contributed by atoms with E-state index >= 15 is 0 Å². The summed E-state index contributed by atoms with van der Waals surface area (Å²) in [4.78, 5) is 5.06. The fourth-order valence-corrected chi connectivity index (χ4v) is 4.81. The molecule has 4 rings (SSSR count). The summed E-state index contributed by atoms with van der Waals surface area (Å²) >= 11 is 0. The maximum atomic E-state index is 4.47. The fraction of sp³-hybridized carbons (Fsp3) is 0.750. The highest BCUT2D eigenvalue weighted by molar-refractivity contribution is 14.0. The summed E-state index contributed by atoms with van der Waals surface area (Å²) in [6, 6.07) is 1.10. The normalized spacial score (nSPS) is 23.2. The molecule has 0 spiro atoms. The van der Waals surface area contributed by atoms with Gasteiger partial charge in [0.2, 0.25) is 0 Å².